The molecule has 0 amide bonds. The van der Waals surface area contributed by atoms with Crippen LogP contribution in [0.1, 0.15) is 55.6 Å². The average Bonchev–Trinajstić information content (AvgIpc) is 3.03. The normalized spacial score (nSPS) is 22.0. The minimum absolute atomic E-state index is 0.577. The molecule has 0 spiro atoms. The van der Waals surface area contributed by atoms with Gasteiger partial charge in [0.2, 0.25) is 0 Å². The van der Waals surface area contributed by atoms with E-state index in [0.29, 0.717) is 11.8 Å². The van der Waals surface area contributed by atoms with Gasteiger partial charge in [-0.3, -0.25) is 0 Å². The number of hydrogen-bond acceptors (Lipinski definition) is 1. The number of ether oxygens (including phenoxy) is 1. The summed E-state index contributed by atoms with van der Waals surface area (Å²) in [5, 5.41) is 0.844. The summed E-state index contributed by atoms with van der Waals surface area (Å²) in [6.07, 6.45) is 5.20. The Hall–Kier alpha value is -1.47. The predicted octanol–water partition coefficient (Wildman–Crippen LogP) is 6.43. The molecule has 3 atom stereocenters. The molecule has 0 aliphatic heterocycles. The smallest absolute Gasteiger partial charge is 0.118 e. The van der Waals surface area contributed by atoms with Gasteiger partial charge in [-0.2, -0.15) is 0 Å². The van der Waals surface area contributed by atoms with Crippen molar-refractivity contribution >= 4 is 11.6 Å². The summed E-state index contributed by atoms with van der Waals surface area (Å²) in [4.78, 5) is 0. The molecule has 1 fully saturated rings. The van der Waals surface area contributed by atoms with E-state index in [-0.39, 0.29) is 0 Å². The van der Waals surface area contributed by atoms with E-state index in [1.54, 1.807) is 7.11 Å². The van der Waals surface area contributed by atoms with Gasteiger partial charge in [0.15, 0.2) is 0 Å². The number of halogens is 1. The van der Waals surface area contributed by atoms with Gasteiger partial charge in [0.25, 0.3) is 0 Å². The number of hydrogen-bond donors (Lipinski definition) is 0. The molecule has 3 rings (SSSR count). The second kappa shape index (κ2) is 7.40. The summed E-state index contributed by atoms with van der Waals surface area (Å²) in [6.45, 7) is 2.33. The Kier molecular flexibility index (Phi) is 5.27. The standard InChI is InChI=1S/C21H25ClO/c1-15(18-4-3-5-20(22)14-18)12-16-6-7-19(13-16)17-8-10-21(23-2)11-9-17/h3-5,8-11,14-16,19H,6-7,12-13H2,1-2H3/t15-,16?,19+/m0/s1. The Morgan fingerprint density at radius 1 is 1.13 bits per heavy atom. The van der Waals surface area contributed by atoms with Crippen LogP contribution in [0.25, 0.3) is 0 Å². The van der Waals surface area contributed by atoms with Gasteiger partial charge < -0.3 is 4.74 Å². The van der Waals surface area contributed by atoms with Gasteiger partial charge in [-0.05, 0) is 78.8 Å². The zero-order chi connectivity index (χ0) is 16.2. The van der Waals surface area contributed by atoms with Gasteiger partial charge in [-0.1, -0.05) is 42.8 Å². The first kappa shape index (κ1) is 16.4. The lowest BCUT2D eigenvalue weighted by molar-refractivity contribution is 0.414. The Morgan fingerprint density at radius 2 is 1.91 bits per heavy atom. The SMILES string of the molecule is COc1ccc([C@@H]2CCC(C[C@H](C)c3cccc(Cl)c3)C2)cc1. The fraction of sp³-hybridized carbons (Fsp3) is 0.429. The molecule has 0 bridgehead atoms. The maximum atomic E-state index is 6.12. The molecule has 1 nitrogen and oxygen atoms in total. The van der Waals surface area contributed by atoms with Crippen molar-refractivity contribution in [3.63, 3.8) is 0 Å². The molecule has 1 aliphatic carbocycles. The van der Waals surface area contributed by atoms with Gasteiger partial charge >= 0.3 is 0 Å². The molecule has 0 radical (unpaired) electrons. The third-order valence-electron chi connectivity index (χ3n) is 5.23. The first-order chi connectivity index (χ1) is 11.2. The molecule has 2 heteroatoms. The topological polar surface area (TPSA) is 9.23 Å². The molecule has 1 aliphatic rings. The molecule has 2 aromatic carbocycles. The largest absolute Gasteiger partial charge is 0.497 e. The highest BCUT2D eigenvalue weighted by Gasteiger charge is 2.27. The first-order valence-electron chi connectivity index (χ1n) is 8.55. The van der Waals surface area contributed by atoms with Gasteiger partial charge in [0, 0.05) is 5.02 Å². The van der Waals surface area contributed by atoms with Gasteiger partial charge in [-0.25, -0.2) is 0 Å². The van der Waals surface area contributed by atoms with Crippen LogP contribution in [0.15, 0.2) is 48.5 Å². The second-order valence-electron chi connectivity index (χ2n) is 6.84. The van der Waals surface area contributed by atoms with Gasteiger partial charge in [0.1, 0.15) is 5.75 Å². The highest BCUT2D eigenvalue weighted by Crippen LogP contribution is 2.42. The summed E-state index contributed by atoms with van der Waals surface area (Å²) in [6, 6.07) is 16.9. The van der Waals surface area contributed by atoms with E-state index in [9.17, 15) is 0 Å². The van der Waals surface area contributed by atoms with Crippen molar-refractivity contribution in [3.05, 3.63) is 64.7 Å². The lowest BCUT2D eigenvalue weighted by atomic mass is 9.88. The van der Waals surface area contributed by atoms with Crippen LogP contribution in [0.2, 0.25) is 5.02 Å². The van der Waals surface area contributed by atoms with Crippen molar-refractivity contribution in [3.8, 4) is 5.75 Å². The Morgan fingerprint density at radius 3 is 2.61 bits per heavy atom. The van der Waals surface area contributed by atoms with Crippen molar-refractivity contribution in [1.29, 1.82) is 0 Å². The molecule has 1 saturated carbocycles. The molecule has 0 aromatic heterocycles. The Bertz CT molecular complexity index is 635. The van der Waals surface area contributed by atoms with Crippen molar-refractivity contribution in [2.24, 2.45) is 5.92 Å². The van der Waals surface area contributed by atoms with E-state index in [1.165, 1.54) is 36.8 Å². The van der Waals surface area contributed by atoms with E-state index in [4.69, 9.17) is 16.3 Å². The van der Waals surface area contributed by atoms with E-state index >= 15 is 0 Å². The van der Waals surface area contributed by atoms with Gasteiger partial charge in [-0.15, -0.1) is 0 Å². The molecule has 23 heavy (non-hydrogen) atoms. The average molecular weight is 329 g/mol. The second-order valence-corrected chi connectivity index (χ2v) is 7.28. The summed E-state index contributed by atoms with van der Waals surface area (Å²) in [5.74, 6) is 3.04. The number of rotatable bonds is 5. The summed E-state index contributed by atoms with van der Waals surface area (Å²) in [5.41, 5.74) is 2.83. The van der Waals surface area contributed by atoms with Crippen LogP contribution in [0.3, 0.4) is 0 Å². The minimum atomic E-state index is 0.577. The molecular formula is C21H25ClO. The summed E-state index contributed by atoms with van der Waals surface area (Å²) >= 11 is 6.12. The van der Waals surface area contributed by atoms with Crippen LogP contribution in [0.5, 0.6) is 5.75 Å². The van der Waals surface area contributed by atoms with Crippen molar-refractivity contribution in [2.45, 2.75) is 44.4 Å². The van der Waals surface area contributed by atoms with Crippen molar-refractivity contribution in [2.75, 3.05) is 7.11 Å². The Labute approximate surface area is 144 Å². The third-order valence-corrected chi connectivity index (χ3v) is 5.47. The number of benzene rings is 2. The highest BCUT2D eigenvalue weighted by atomic mass is 35.5. The third kappa shape index (κ3) is 4.09. The lowest BCUT2D eigenvalue weighted by Gasteiger charge is -2.18. The van der Waals surface area contributed by atoms with Crippen LogP contribution < -0.4 is 4.74 Å². The monoisotopic (exact) mass is 328 g/mol. The molecule has 0 heterocycles. The van der Waals surface area contributed by atoms with E-state index < -0.39 is 0 Å². The fourth-order valence-corrected chi connectivity index (χ4v) is 4.12. The van der Waals surface area contributed by atoms with Crippen LogP contribution in [-0.2, 0) is 0 Å². The molecule has 0 N–H and O–H groups in total. The first-order valence-corrected chi connectivity index (χ1v) is 8.93. The highest BCUT2D eigenvalue weighted by molar-refractivity contribution is 6.30. The van der Waals surface area contributed by atoms with E-state index in [1.807, 2.05) is 6.07 Å². The predicted molar refractivity (Wildman–Crippen MR) is 97.6 cm³/mol. The fourth-order valence-electron chi connectivity index (χ4n) is 3.92. The molecule has 2 aromatic rings. The van der Waals surface area contributed by atoms with E-state index in [0.717, 1.165) is 16.7 Å². The maximum Gasteiger partial charge on any atom is 0.118 e. The van der Waals surface area contributed by atoms with Gasteiger partial charge in [0.05, 0.1) is 7.11 Å². The van der Waals surface area contributed by atoms with Crippen LogP contribution in [-0.4, -0.2) is 7.11 Å². The van der Waals surface area contributed by atoms with Crippen LogP contribution >= 0.6 is 11.6 Å². The minimum Gasteiger partial charge on any atom is -0.497 e. The molecule has 1 unspecified atom stereocenters. The van der Waals surface area contributed by atoms with Crippen molar-refractivity contribution in [1.82, 2.24) is 0 Å². The maximum absolute atomic E-state index is 6.12. The zero-order valence-electron chi connectivity index (χ0n) is 14.0. The summed E-state index contributed by atoms with van der Waals surface area (Å²) in [7, 11) is 1.72. The molecule has 0 saturated heterocycles. The van der Waals surface area contributed by atoms with E-state index in [2.05, 4.69) is 49.4 Å². The lowest BCUT2D eigenvalue weighted by Crippen LogP contribution is -2.03. The van der Waals surface area contributed by atoms with Crippen LogP contribution in [0, 0.1) is 5.92 Å². The van der Waals surface area contributed by atoms with Crippen molar-refractivity contribution < 1.29 is 4.74 Å². The number of methoxy groups -OCH3 is 1. The molecular weight excluding hydrogens is 304 g/mol. The quantitative estimate of drug-likeness (QED) is 0.614. The zero-order valence-corrected chi connectivity index (χ0v) is 14.7. The summed E-state index contributed by atoms with van der Waals surface area (Å²) < 4.78 is 5.25. The molecule has 122 valence electrons. The van der Waals surface area contributed by atoms with Crippen LogP contribution in [0.4, 0.5) is 0 Å². The Balaban J connectivity index is 1.58.